The Bertz CT molecular complexity index is 365. The molecule has 0 aliphatic heterocycles. The molecule has 5 nitrogen and oxygen atoms in total. The maximum atomic E-state index is 11.4. The van der Waals surface area contributed by atoms with Gasteiger partial charge < -0.3 is 5.32 Å². The minimum absolute atomic E-state index is 0.220. The number of nitrogens with one attached hydrogen (secondary N) is 1. The van der Waals surface area contributed by atoms with E-state index >= 15 is 0 Å². The lowest BCUT2D eigenvalue weighted by Gasteiger charge is -2.04. The first-order chi connectivity index (χ1) is 6.63. The standard InChI is InChI=1S/C9H10N4O/c1-6-3-4-8(13-12-6)9(14)11-7(2)5-10/h3-4,7H,1-2H3,(H,11,14). The van der Waals surface area contributed by atoms with E-state index in [0.717, 1.165) is 5.69 Å². The lowest BCUT2D eigenvalue weighted by atomic mass is 10.3. The second-order valence-electron chi connectivity index (χ2n) is 2.88. The molecule has 1 unspecified atom stereocenters. The van der Waals surface area contributed by atoms with Crippen molar-refractivity contribution in [3.8, 4) is 6.07 Å². The maximum Gasteiger partial charge on any atom is 0.272 e. The van der Waals surface area contributed by atoms with E-state index < -0.39 is 6.04 Å². The molecule has 0 fully saturated rings. The molecule has 5 heteroatoms. The van der Waals surface area contributed by atoms with Crippen LogP contribution in [0.2, 0.25) is 0 Å². The average molecular weight is 190 g/mol. The second-order valence-corrected chi connectivity index (χ2v) is 2.88. The Labute approximate surface area is 81.8 Å². The van der Waals surface area contributed by atoms with E-state index in [9.17, 15) is 4.79 Å². The molecule has 0 bridgehead atoms. The van der Waals surface area contributed by atoms with Gasteiger partial charge in [-0.1, -0.05) is 0 Å². The van der Waals surface area contributed by atoms with Crippen LogP contribution in [0.25, 0.3) is 0 Å². The Kier molecular flexibility index (Phi) is 3.13. The van der Waals surface area contributed by atoms with Crippen LogP contribution >= 0.6 is 0 Å². The summed E-state index contributed by atoms with van der Waals surface area (Å²) in [7, 11) is 0. The molecular weight excluding hydrogens is 180 g/mol. The Hall–Kier alpha value is -1.96. The van der Waals surface area contributed by atoms with Crippen molar-refractivity contribution in [2.24, 2.45) is 0 Å². The third kappa shape index (κ3) is 2.52. The first-order valence-electron chi connectivity index (χ1n) is 4.14. The molecule has 0 radical (unpaired) electrons. The summed E-state index contributed by atoms with van der Waals surface area (Å²) in [6.07, 6.45) is 0. The van der Waals surface area contributed by atoms with Crippen molar-refractivity contribution >= 4 is 5.91 Å². The quantitative estimate of drug-likeness (QED) is 0.733. The van der Waals surface area contributed by atoms with Crippen LogP contribution in [0.5, 0.6) is 0 Å². The van der Waals surface area contributed by atoms with Gasteiger partial charge in [-0.25, -0.2) is 0 Å². The Morgan fingerprint density at radius 2 is 2.29 bits per heavy atom. The van der Waals surface area contributed by atoms with Crippen LogP contribution in [-0.2, 0) is 0 Å². The van der Waals surface area contributed by atoms with Crippen molar-refractivity contribution in [2.75, 3.05) is 0 Å². The van der Waals surface area contributed by atoms with E-state index in [0.29, 0.717) is 0 Å². The third-order valence-electron chi connectivity index (χ3n) is 1.57. The van der Waals surface area contributed by atoms with Gasteiger partial charge in [0.15, 0.2) is 5.69 Å². The normalized spacial score (nSPS) is 11.5. The average Bonchev–Trinajstić information content (AvgIpc) is 2.18. The summed E-state index contributed by atoms with van der Waals surface area (Å²) in [5.74, 6) is -0.383. The minimum Gasteiger partial charge on any atom is -0.335 e. The predicted octanol–water partition coefficient (Wildman–Crippen LogP) is 0.427. The number of carbonyl (C=O) groups is 1. The van der Waals surface area contributed by atoms with Gasteiger partial charge in [-0.2, -0.15) is 10.4 Å². The predicted molar refractivity (Wildman–Crippen MR) is 49.3 cm³/mol. The third-order valence-corrected chi connectivity index (χ3v) is 1.57. The fourth-order valence-electron chi connectivity index (χ4n) is 0.823. The van der Waals surface area contributed by atoms with Crippen LogP contribution in [0.4, 0.5) is 0 Å². The highest BCUT2D eigenvalue weighted by Gasteiger charge is 2.09. The molecule has 14 heavy (non-hydrogen) atoms. The number of rotatable bonds is 2. The van der Waals surface area contributed by atoms with Gasteiger partial charge in [-0.05, 0) is 26.0 Å². The molecule has 72 valence electrons. The van der Waals surface area contributed by atoms with Crippen LogP contribution in [0.1, 0.15) is 23.1 Å². The summed E-state index contributed by atoms with van der Waals surface area (Å²) in [6.45, 7) is 3.38. The smallest absolute Gasteiger partial charge is 0.272 e. The molecule has 1 aromatic rings. The van der Waals surface area contributed by atoms with Crippen LogP contribution in [-0.4, -0.2) is 22.1 Å². The van der Waals surface area contributed by atoms with Crippen LogP contribution in [0.3, 0.4) is 0 Å². The highest BCUT2D eigenvalue weighted by Crippen LogP contribution is 1.95. The molecule has 0 saturated heterocycles. The molecule has 1 N–H and O–H groups in total. The van der Waals surface area contributed by atoms with E-state index in [1.54, 1.807) is 26.0 Å². The lowest BCUT2D eigenvalue weighted by molar-refractivity contribution is 0.0941. The van der Waals surface area contributed by atoms with Crippen molar-refractivity contribution in [2.45, 2.75) is 19.9 Å². The zero-order valence-corrected chi connectivity index (χ0v) is 7.98. The first-order valence-corrected chi connectivity index (χ1v) is 4.14. The SMILES string of the molecule is Cc1ccc(C(=O)NC(C)C#N)nn1. The summed E-state index contributed by atoms with van der Waals surface area (Å²) < 4.78 is 0. The van der Waals surface area contributed by atoms with Crippen LogP contribution < -0.4 is 5.32 Å². The fourth-order valence-corrected chi connectivity index (χ4v) is 0.823. The zero-order valence-electron chi connectivity index (χ0n) is 7.98. The first kappa shape index (κ1) is 10.1. The molecule has 0 aromatic carbocycles. The Morgan fingerprint density at radius 1 is 1.57 bits per heavy atom. The van der Waals surface area contributed by atoms with Gasteiger partial charge >= 0.3 is 0 Å². The molecular formula is C9H10N4O. The summed E-state index contributed by atoms with van der Waals surface area (Å²) in [5.41, 5.74) is 0.965. The van der Waals surface area contributed by atoms with E-state index in [1.807, 2.05) is 6.07 Å². The number of hydrogen-bond acceptors (Lipinski definition) is 4. The van der Waals surface area contributed by atoms with Gasteiger partial charge in [0.25, 0.3) is 5.91 Å². The summed E-state index contributed by atoms with van der Waals surface area (Å²) in [5, 5.41) is 18.4. The van der Waals surface area contributed by atoms with Crippen molar-refractivity contribution in [1.82, 2.24) is 15.5 Å². The number of hydrogen-bond donors (Lipinski definition) is 1. The van der Waals surface area contributed by atoms with Crippen molar-refractivity contribution in [3.05, 3.63) is 23.5 Å². The highest BCUT2D eigenvalue weighted by molar-refractivity contribution is 5.92. The fraction of sp³-hybridized carbons (Fsp3) is 0.333. The van der Waals surface area contributed by atoms with Gasteiger partial charge in [0.1, 0.15) is 6.04 Å². The van der Waals surface area contributed by atoms with Gasteiger partial charge in [-0.3, -0.25) is 4.79 Å². The zero-order chi connectivity index (χ0) is 10.6. The number of aryl methyl sites for hydroxylation is 1. The minimum atomic E-state index is -0.523. The Balaban J connectivity index is 2.71. The number of nitriles is 1. The van der Waals surface area contributed by atoms with E-state index in [-0.39, 0.29) is 11.6 Å². The molecule has 0 aliphatic rings. The Morgan fingerprint density at radius 3 is 2.79 bits per heavy atom. The largest absolute Gasteiger partial charge is 0.335 e. The molecule has 1 atom stereocenters. The van der Waals surface area contributed by atoms with E-state index in [4.69, 9.17) is 5.26 Å². The van der Waals surface area contributed by atoms with Crippen LogP contribution in [0.15, 0.2) is 12.1 Å². The molecule has 0 saturated carbocycles. The van der Waals surface area contributed by atoms with Gasteiger partial charge in [0.2, 0.25) is 0 Å². The van der Waals surface area contributed by atoms with E-state index in [1.165, 1.54) is 0 Å². The number of aromatic nitrogens is 2. The van der Waals surface area contributed by atoms with Gasteiger partial charge in [0.05, 0.1) is 11.8 Å². The van der Waals surface area contributed by atoms with E-state index in [2.05, 4.69) is 15.5 Å². The monoisotopic (exact) mass is 190 g/mol. The summed E-state index contributed by atoms with van der Waals surface area (Å²) >= 11 is 0. The van der Waals surface area contributed by atoms with Crippen molar-refractivity contribution in [3.63, 3.8) is 0 Å². The number of amides is 1. The summed E-state index contributed by atoms with van der Waals surface area (Å²) in [6, 6.07) is 4.64. The van der Waals surface area contributed by atoms with Crippen molar-refractivity contribution < 1.29 is 4.79 Å². The molecule has 1 aromatic heterocycles. The topological polar surface area (TPSA) is 78.7 Å². The molecule has 0 spiro atoms. The second kappa shape index (κ2) is 4.33. The molecule has 0 aliphatic carbocycles. The van der Waals surface area contributed by atoms with Gasteiger partial charge in [-0.15, -0.1) is 5.10 Å². The number of carbonyl (C=O) groups excluding carboxylic acids is 1. The van der Waals surface area contributed by atoms with Gasteiger partial charge in [0, 0.05) is 0 Å². The molecule has 1 heterocycles. The molecule has 1 rings (SSSR count). The van der Waals surface area contributed by atoms with Crippen molar-refractivity contribution in [1.29, 1.82) is 5.26 Å². The lowest BCUT2D eigenvalue weighted by Crippen LogP contribution is -2.32. The highest BCUT2D eigenvalue weighted by atomic mass is 16.1. The molecule has 1 amide bonds. The maximum absolute atomic E-state index is 11.4. The summed E-state index contributed by atoms with van der Waals surface area (Å²) in [4.78, 5) is 11.4. The van der Waals surface area contributed by atoms with Crippen LogP contribution in [0, 0.1) is 18.3 Å². The number of nitrogens with zero attached hydrogens (tertiary/aromatic N) is 3.